The third-order valence-electron chi connectivity index (χ3n) is 2.96. The van der Waals surface area contributed by atoms with Gasteiger partial charge in [-0.15, -0.1) is 0 Å². The number of anilines is 1. The molecule has 0 aliphatic heterocycles. The Kier molecular flexibility index (Phi) is 3.69. The summed E-state index contributed by atoms with van der Waals surface area (Å²) in [7, 11) is 1.74. The lowest BCUT2D eigenvalue weighted by atomic mass is 10.1. The van der Waals surface area contributed by atoms with Gasteiger partial charge in [-0.2, -0.15) is 18.3 Å². The summed E-state index contributed by atoms with van der Waals surface area (Å²) in [6.07, 6.45) is -3.11. The van der Waals surface area contributed by atoms with Crippen molar-refractivity contribution in [2.75, 3.05) is 5.32 Å². The highest BCUT2D eigenvalue weighted by atomic mass is 19.4. The number of hydrogen-bond donors (Lipinski definition) is 1. The zero-order chi connectivity index (χ0) is 14.9. The van der Waals surface area contributed by atoms with Crippen molar-refractivity contribution < 1.29 is 17.6 Å². The molecule has 0 aliphatic rings. The van der Waals surface area contributed by atoms with E-state index in [0.717, 1.165) is 17.8 Å². The predicted molar refractivity (Wildman–Crippen MR) is 66.6 cm³/mol. The van der Waals surface area contributed by atoms with Crippen LogP contribution in [0.15, 0.2) is 30.5 Å². The molecule has 1 atom stereocenters. The van der Waals surface area contributed by atoms with Gasteiger partial charge >= 0.3 is 6.18 Å². The van der Waals surface area contributed by atoms with E-state index < -0.39 is 17.6 Å². The Morgan fingerprint density at radius 3 is 2.50 bits per heavy atom. The van der Waals surface area contributed by atoms with E-state index in [1.807, 2.05) is 0 Å². The van der Waals surface area contributed by atoms with Gasteiger partial charge in [0.2, 0.25) is 0 Å². The highest BCUT2D eigenvalue weighted by Crippen LogP contribution is 2.33. The molecule has 0 amide bonds. The molecule has 0 saturated carbocycles. The molecule has 0 radical (unpaired) electrons. The van der Waals surface area contributed by atoms with E-state index in [2.05, 4.69) is 10.4 Å². The Morgan fingerprint density at radius 1 is 1.25 bits per heavy atom. The molecule has 108 valence electrons. The largest absolute Gasteiger partial charge is 0.419 e. The summed E-state index contributed by atoms with van der Waals surface area (Å²) in [6.45, 7) is 1.79. The second kappa shape index (κ2) is 5.15. The molecule has 0 spiro atoms. The maximum atomic E-state index is 13.2. The lowest BCUT2D eigenvalue weighted by Crippen LogP contribution is -2.13. The zero-order valence-electron chi connectivity index (χ0n) is 10.9. The van der Waals surface area contributed by atoms with Gasteiger partial charge in [-0.05, 0) is 31.2 Å². The van der Waals surface area contributed by atoms with Gasteiger partial charge in [0, 0.05) is 18.9 Å². The van der Waals surface area contributed by atoms with Gasteiger partial charge < -0.3 is 5.32 Å². The molecule has 1 aromatic heterocycles. The molecule has 0 saturated heterocycles. The van der Waals surface area contributed by atoms with Crippen molar-refractivity contribution >= 4 is 5.69 Å². The summed E-state index contributed by atoms with van der Waals surface area (Å²) in [5.74, 6) is -1.28. The van der Waals surface area contributed by atoms with Crippen LogP contribution in [0.25, 0.3) is 0 Å². The highest BCUT2D eigenvalue weighted by Gasteiger charge is 2.34. The van der Waals surface area contributed by atoms with Crippen LogP contribution < -0.4 is 5.32 Å². The number of halogens is 4. The number of hydrogen-bond acceptors (Lipinski definition) is 2. The summed E-state index contributed by atoms with van der Waals surface area (Å²) in [5, 5.41) is 6.88. The van der Waals surface area contributed by atoms with Gasteiger partial charge in [-0.25, -0.2) is 4.39 Å². The van der Waals surface area contributed by atoms with Crippen molar-refractivity contribution in [2.24, 2.45) is 7.05 Å². The molecule has 0 bridgehead atoms. The van der Waals surface area contributed by atoms with E-state index in [1.54, 1.807) is 30.9 Å². The first-order valence-electron chi connectivity index (χ1n) is 5.90. The summed E-state index contributed by atoms with van der Waals surface area (Å²) in [4.78, 5) is 0. The van der Waals surface area contributed by atoms with E-state index in [-0.39, 0.29) is 11.7 Å². The van der Waals surface area contributed by atoms with Crippen LogP contribution in [-0.2, 0) is 13.2 Å². The fraction of sp³-hybridized carbons (Fsp3) is 0.308. The molecule has 3 nitrogen and oxygen atoms in total. The number of alkyl halides is 3. The molecule has 1 aromatic carbocycles. The van der Waals surface area contributed by atoms with Crippen LogP contribution in [0, 0.1) is 5.82 Å². The predicted octanol–water partition coefficient (Wildman–Crippen LogP) is 3.75. The van der Waals surface area contributed by atoms with Crippen LogP contribution in [0.2, 0.25) is 0 Å². The Balaban J connectivity index is 2.25. The molecule has 1 heterocycles. The Hall–Kier alpha value is -2.05. The third kappa shape index (κ3) is 2.92. The Morgan fingerprint density at radius 2 is 1.95 bits per heavy atom. The van der Waals surface area contributed by atoms with Gasteiger partial charge in [-0.3, -0.25) is 4.68 Å². The van der Waals surface area contributed by atoms with Crippen LogP contribution in [-0.4, -0.2) is 9.78 Å². The Labute approximate surface area is 113 Å². The first-order valence-corrected chi connectivity index (χ1v) is 5.90. The summed E-state index contributed by atoms with van der Waals surface area (Å²) in [5.41, 5.74) is -0.269. The summed E-state index contributed by atoms with van der Waals surface area (Å²) >= 11 is 0. The molecular formula is C13H13F4N3. The van der Waals surface area contributed by atoms with E-state index in [4.69, 9.17) is 0 Å². The van der Waals surface area contributed by atoms with Gasteiger partial charge in [0.15, 0.2) is 0 Å². The zero-order valence-corrected chi connectivity index (χ0v) is 10.9. The molecule has 0 aliphatic carbocycles. The summed E-state index contributed by atoms with van der Waals surface area (Å²) < 4.78 is 52.7. The number of rotatable bonds is 3. The SMILES string of the molecule is CC(Nc1ccc(F)c(C(F)(F)F)c1)c1ccnn1C. The molecule has 1 N–H and O–H groups in total. The van der Waals surface area contributed by atoms with Gasteiger partial charge in [0.1, 0.15) is 5.82 Å². The lowest BCUT2D eigenvalue weighted by molar-refractivity contribution is -0.139. The van der Waals surface area contributed by atoms with E-state index in [9.17, 15) is 17.6 Å². The van der Waals surface area contributed by atoms with E-state index in [1.165, 1.54) is 6.07 Å². The highest BCUT2D eigenvalue weighted by molar-refractivity contribution is 5.48. The molecular weight excluding hydrogens is 274 g/mol. The van der Waals surface area contributed by atoms with Crippen LogP contribution in [0.1, 0.15) is 24.2 Å². The van der Waals surface area contributed by atoms with Crippen molar-refractivity contribution in [1.29, 1.82) is 0 Å². The van der Waals surface area contributed by atoms with Crippen molar-refractivity contribution in [3.8, 4) is 0 Å². The van der Waals surface area contributed by atoms with Gasteiger partial charge in [0.05, 0.1) is 17.3 Å². The van der Waals surface area contributed by atoms with Gasteiger partial charge in [-0.1, -0.05) is 0 Å². The lowest BCUT2D eigenvalue weighted by Gasteiger charge is -2.17. The third-order valence-corrected chi connectivity index (χ3v) is 2.96. The smallest absolute Gasteiger partial charge is 0.377 e. The van der Waals surface area contributed by atoms with Crippen LogP contribution >= 0.6 is 0 Å². The average molecular weight is 287 g/mol. The average Bonchev–Trinajstić information content (AvgIpc) is 2.76. The monoisotopic (exact) mass is 287 g/mol. The number of nitrogens with one attached hydrogen (secondary N) is 1. The fourth-order valence-corrected chi connectivity index (χ4v) is 1.97. The number of benzene rings is 1. The molecule has 20 heavy (non-hydrogen) atoms. The molecule has 1 unspecified atom stereocenters. The summed E-state index contributed by atoms with van der Waals surface area (Å²) in [6, 6.07) is 4.35. The number of aryl methyl sites for hydroxylation is 1. The Bertz CT molecular complexity index is 604. The minimum Gasteiger partial charge on any atom is -0.377 e. The minimum absolute atomic E-state index is 0.201. The maximum absolute atomic E-state index is 13.2. The number of aromatic nitrogens is 2. The van der Waals surface area contributed by atoms with Crippen LogP contribution in [0.5, 0.6) is 0 Å². The topological polar surface area (TPSA) is 29.9 Å². The van der Waals surface area contributed by atoms with Crippen molar-refractivity contribution in [1.82, 2.24) is 9.78 Å². The maximum Gasteiger partial charge on any atom is 0.419 e. The first-order chi connectivity index (χ1) is 9.29. The molecule has 0 fully saturated rings. The van der Waals surface area contributed by atoms with E-state index >= 15 is 0 Å². The molecule has 2 aromatic rings. The fourth-order valence-electron chi connectivity index (χ4n) is 1.97. The van der Waals surface area contributed by atoms with Crippen molar-refractivity contribution in [3.05, 3.63) is 47.5 Å². The van der Waals surface area contributed by atoms with Crippen molar-refractivity contribution in [2.45, 2.75) is 19.1 Å². The number of nitrogens with zero attached hydrogens (tertiary/aromatic N) is 2. The standard InChI is InChI=1S/C13H13F4N3/c1-8(12-5-6-18-20(12)2)19-9-3-4-11(14)10(7-9)13(15,16)17/h3-8,19H,1-2H3. The van der Waals surface area contributed by atoms with Crippen LogP contribution in [0.3, 0.4) is 0 Å². The quantitative estimate of drug-likeness (QED) is 0.871. The normalized spacial score (nSPS) is 13.3. The van der Waals surface area contributed by atoms with E-state index in [0.29, 0.717) is 0 Å². The van der Waals surface area contributed by atoms with Gasteiger partial charge in [0.25, 0.3) is 0 Å². The van der Waals surface area contributed by atoms with Crippen molar-refractivity contribution in [3.63, 3.8) is 0 Å². The van der Waals surface area contributed by atoms with Crippen LogP contribution in [0.4, 0.5) is 23.2 Å². The second-order valence-electron chi connectivity index (χ2n) is 4.44. The second-order valence-corrected chi connectivity index (χ2v) is 4.44. The minimum atomic E-state index is -4.71. The first kappa shape index (κ1) is 14.4. The molecule has 2 rings (SSSR count). The molecule has 7 heteroatoms.